The van der Waals surface area contributed by atoms with E-state index in [1.54, 1.807) is 6.92 Å². The first-order valence-corrected chi connectivity index (χ1v) is 9.90. The summed E-state index contributed by atoms with van der Waals surface area (Å²) >= 11 is 0. The third kappa shape index (κ3) is 3.98. The van der Waals surface area contributed by atoms with Crippen LogP contribution in [0, 0.1) is 24.7 Å². The zero-order chi connectivity index (χ0) is 22.1. The van der Waals surface area contributed by atoms with Crippen molar-refractivity contribution in [3.05, 3.63) is 53.8 Å². The van der Waals surface area contributed by atoms with E-state index in [1.165, 1.54) is 35.2 Å². The number of ether oxygens (including phenoxy) is 1. The van der Waals surface area contributed by atoms with E-state index in [-0.39, 0.29) is 40.9 Å². The van der Waals surface area contributed by atoms with Crippen molar-refractivity contribution in [3.8, 4) is 0 Å². The Morgan fingerprint density at radius 2 is 1.97 bits per heavy atom. The highest BCUT2D eigenvalue weighted by atomic mass is 16.5. The number of amides is 3. The van der Waals surface area contributed by atoms with Crippen molar-refractivity contribution in [2.75, 3.05) is 16.8 Å². The molecular weight excluding hydrogens is 402 g/mol. The van der Waals surface area contributed by atoms with Gasteiger partial charge >= 0.3 is 5.97 Å². The van der Waals surface area contributed by atoms with Crippen molar-refractivity contribution < 1.29 is 28.4 Å². The summed E-state index contributed by atoms with van der Waals surface area (Å²) in [6, 6.07) is 7.51. The largest absolute Gasteiger partial charge is 0.452 e. The number of carbonyl (C=O) groups is 4. The molecule has 1 aromatic heterocycles. The summed E-state index contributed by atoms with van der Waals surface area (Å²) in [6.07, 6.45) is 4.46. The number of hydrogen-bond acceptors (Lipinski definition) is 7. The van der Waals surface area contributed by atoms with Gasteiger partial charge < -0.3 is 14.6 Å². The number of nitrogens with zero attached hydrogens (tertiary/aromatic N) is 2. The molecule has 3 amide bonds. The van der Waals surface area contributed by atoms with Crippen LogP contribution < -0.4 is 10.2 Å². The van der Waals surface area contributed by atoms with Crippen molar-refractivity contribution in [2.24, 2.45) is 17.8 Å². The molecule has 1 saturated heterocycles. The summed E-state index contributed by atoms with van der Waals surface area (Å²) in [5.74, 6) is -1.64. The summed E-state index contributed by atoms with van der Waals surface area (Å²) in [7, 11) is 0. The maximum Gasteiger partial charge on any atom is 0.338 e. The average molecular weight is 423 g/mol. The van der Waals surface area contributed by atoms with Crippen molar-refractivity contribution in [3.63, 3.8) is 0 Å². The number of aromatic nitrogens is 1. The van der Waals surface area contributed by atoms with E-state index in [2.05, 4.69) is 10.5 Å². The molecule has 0 spiro atoms. The monoisotopic (exact) mass is 423 g/mol. The Bertz CT molecular complexity index is 1070. The predicted molar refractivity (Wildman–Crippen MR) is 109 cm³/mol. The fourth-order valence-electron chi connectivity index (χ4n) is 3.97. The van der Waals surface area contributed by atoms with E-state index in [1.807, 2.05) is 19.1 Å². The lowest BCUT2D eigenvalue weighted by Gasteiger charge is -2.22. The highest BCUT2D eigenvalue weighted by Crippen LogP contribution is 2.40. The van der Waals surface area contributed by atoms with Crippen LogP contribution in [0.2, 0.25) is 0 Å². The zero-order valence-electron chi connectivity index (χ0n) is 17.0. The Morgan fingerprint density at radius 3 is 2.61 bits per heavy atom. The van der Waals surface area contributed by atoms with Crippen LogP contribution in [0.15, 0.2) is 47.0 Å². The molecule has 4 rings (SSSR count). The predicted octanol–water partition coefficient (Wildman–Crippen LogP) is 2.48. The van der Waals surface area contributed by atoms with Gasteiger partial charge in [-0.3, -0.25) is 19.3 Å². The van der Waals surface area contributed by atoms with E-state index < -0.39 is 18.5 Å². The first-order chi connectivity index (χ1) is 14.8. The molecule has 0 unspecified atom stereocenters. The van der Waals surface area contributed by atoms with E-state index >= 15 is 0 Å². The number of carbonyl (C=O) groups excluding carboxylic acids is 4. The van der Waals surface area contributed by atoms with E-state index in [0.29, 0.717) is 17.9 Å². The molecule has 1 aliphatic carbocycles. The van der Waals surface area contributed by atoms with Gasteiger partial charge in [0.05, 0.1) is 23.1 Å². The lowest BCUT2D eigenvalue weighted by atomic mass is 9.78. The Morgan fingerprint density at radius 1 is 1.23 bits per heavy atom. The molecule has 160 valence electrons. The van der Waals surface area contributed by atoms with Gasteiger partial charge in [-0.15, -0.1) is 0 Å². The number of nitrogens with one attached hydrogen (secondary N) is 1. The van der Waals surface area contributed by atoms with E-state index in [4.69, 9.17) is 9.26 Å². The van der Waals surface area contributed by atoms with Gasteiger partial charge in [0, 0.05) is 6.07 Å². The number of imide groups is 1. The lowest BCUT2D eigenvalue weighted by Crippen LogP contribution is -2.31. The Hall–Kier alpha value is -3.75. The molecule has 3 atom stereocenters. The second-order valence-electron chi connectivity index (χ2n) is 7.66. The normalized spacial score (nSPS) is 22.4. The first kappa shape index (κ1) is 20.5. The van der Waals surface area contributed by atoms with Crippen LogP contribution in [-0.4, -0.2) is 35.5 Å². The van der Waals surface area contributed by atoms with Crippen LogP contribution >= 0.6 is 0 Å². The van der Waals surface area contributed by atoms with Crippen LogP contribution in [0.5, 0.6) is 0 Å². The van der Waals surface area contributed by atoms with Crippen LogP contribution in [0.1, 0.15) is 29.5 Å². The molecule has 1 N–H and O–H groups in total. The molecule has 1 aliphatic heterocycles. The zero-order valence-corrected chi connectivity index (χ0v) is 17.0. The minimum atomic E-state index is -0.705. The summed E-state index contributed by atoms with van der Waals surface area (Å²) in [5, 5.41) is 6.07. The van der Waals surface area contributed by atoms with Crippen LogP contribution in [0.25, 0.3) is 0 Å². The highest BCUT2D eigenvalue weighted by Gasteiger charge is 2.50. The molecule has 2 aromatic rings. The fraction of sp³-hybridized carbons (Fsp3) is 0.318. The van der Waals surface area contributed by atoms with Gasteiger partial charge in [-0.1, -0.05) is 24.2 Å². The number of allylic oxidation sites excluding steroid dienone is 2. The van der Waals surface area contributed by atoms with Crippen molar-refractivity contribution >= 4 is 35.2 Å². The molecule has 9 heteroatoms. The maximum atomic E-state index is 12.8. The second kappa shape index (κ2) is 8.17. The molecule has 2 heterocycles. The third-order valence-corrected chi connectivity index (χ3v) is 5.46. The number of benzene rings is 1. The number of rotatable bonds is 5. The number of esters is 1. The number of anilines is 2. The molecule has 0 bridgehead atoms. The molecule has 0 saturated carbocycles. The summed E-state index contributed by atoms with van der Waals surface area (Å²) in [4.78, 5) is 50.9. The van der Waals surface area contributed by atoms with Gasteiger partial charge in [0.25, 0.3) is 5.91 Å². The lowest BCUT2D eigenvalue weighted by molar-refractivity contribution is -0.123. The van der Waals surface area contributed by atoms with Gasteiger partial charge in [-0.25, -0.2) is 4.79 Å². The first-order valence-electron chi connectivity index (χ1n) is 9.90. The summed E-state index contributed by atoms with van der Waals surface area (Å²) in [5.41, 5.74) is 0.604. The van der Waals surface area contributed by atoms with Gasteiger partial charge in [0.2, 0.25) is 11.8 Å². The maximum absolute atomic E-state index is 12.8. The Labute approximate surface area is 178 Å². The van der Waals surface area contributed by atoms with Crippen molar-refractivity contribution in [2.45, 2.75) is 20.3 Å². The molecular formula is C22H21N3O6. The highest BCUT2D eigenvalue weighted by molar-refractivity contribution is 6.22. The Kier molecular flexibility index (Phi) is 5.41. The molecule has 2 aliphatic rings. The smallest absolute Gasteiger partial charge is 0.338 e. The minimum absolute atomic E-state index is 0.00163. The number of hydrogen-bond donors (Lipinski definition) is 1. The van der Waals surface area contributed by atoms with Gasteiger partial charge in [0.15, 0.2) is 12.4 Å². The topological polar surface area (TPSA) is 119 Å². The van der Waals surface area contributed by atoms with E-state index in [0.717, 1.165) is 0 Å². The van der Waals surface area contributed by atoms with Crippen LogP contribution in [0.3, 0.4) is 0 Å². The summed E-state index contributed by atoms with van der Waals surface area (Å²) < 4.78 is 9.84. The molecule has 9 nitrogen and oxygen atoms in total. The standard InChI is InChI=1S/C22H21N3O6/c1-12-4-3-5-16-19(12)21(28)25(20(16)27)15-8-6-14(7-9-15)22(29)30-11-18(26)23-17-10-13(2)31-24-17/h3-4,6-10,12,16,19H,5,11H2,1-2H3,(H,23,24,26)/t12-,16-,19-/m1/s1. The second-order valence-corrected chi connectivity index (χ2v) is 7.66. The minimum Gasteiger partial charge on any atom is -0.452 e. The van der Waals surface area contributed by atoms with Gasteiger partial charge in [-0.2, -0.15) is 0 Å². The summed E-state index contributed by atoms with van der Waals surface area (Å²) in [6.45, 7) is 3.12. The third-order valence-electron chi connectivity index (χ3n) is 5.46. The van der Waals surface area contributed by atoms with Gasteiger partial charge in [-0.05, 0) is 43.5 Å². The van der Waals surface area contributed by atoms with Crippen molar-refractivity contribution in [1.82, 2.24) is 5.16 Å². The SMILES string of the molecule is Cc1cc(NC(=O)COC(=O)c2ccc(N3C(=O)[C@@H]4[C@H](C)C=CC[C@H]4C3=O)cc2)no1. The van der Waals surface area contributed by atoms with E-state index in [9.17, 15) is 19.2 Å². The molecule has 31 heavy (non-hydrogen) atoms. The Balaban J connectivity index is 1.38. The van der Waals surface area contributed by atoms with Crippen LogP contribution in [-0.2, 0) is 19.1 Å². The number of aryl methyl sites for hydroxylation is 1. The molecule has 1 aromatic carbocycles. The van der Waals surface area contributed by atoms with Crippen molar-refractivity contribution in [1.29, 1.82) is 0 Å². The van der Waals surface area contributed by atoms with Gasteiger partial charge in [0.1, 0.15) is 5.76 Å². The quantitative estimate of drug-likeness (QED) is 0.446. The van der Waals surface area contributed by atoms with Crippen LogP contribution in [0.4, 0.5) is 11.5 Å². The number of fused-ring (bicyclic) bond motifs is 1. The average Bonchev–Trinajstić information content (AvgIpc) is 3.27. The molecule has 1 fully saturated rings. The molecule has 0 radical (unpaired) electrons. The fourth-order valence-corrected chi connectivity index (χ4v) is 3.97.